The third kappa shape index (κ3) is 1.74. The van der Waals surface area contributed by atoms with Crippen molar-refractivity contribution in [2.24, 2.45) is 5.10 Å². The van der Waals surface area contributed by atoms with E-state index >= 15 is 0 Å². The van der Waals surface area contributed by atoms with Crippen LogP contribution in [0.4, 0.5) is 0 Å². The number of ether oxygens (including phenoxy) is 1. The van der Waals surface area contributed by atoms with Crippen LogP contribution in [0.5, 0.6) is 0 Å². The van der Waals surface area contributed by atoms with Gasteiger partial charge >= 0.3 is 0 Å². The largest absolute Gasteiger partial charge is 0.359 e. The maximum atomic E-state index is 11.7. The number of nitrogens with one attached hydrogen (secondary N) is 1. The average Bonchev–Trinajstić information content (AvgIpc) is 2.71. The van der Waals surface area contributed by atoms with Gasteiger partial charge in [0.25, 0.3) is 5.91 Å². The van der Waals surface area contributed by atoms with Gasteiger partial charge in [0.2, 0.25) is 5.91 Å². The normalized spacial score (nSPS) is 21.9. The summed E-state index contributed by atoms with van der Waals surface area (Å²) in [6.45, 7) is 1.50. The minimum absolute atomic E-state index is 0.137. The van der Waals surface area contributed by atoms with Gasteiger partial charge in [-0.3, -0.25) is 9.59 Å². The fraction of sp³-hybridized carbons (Fsp3) is 0.625. The first-order valence-electron chi connectivity index (χ1n) is 4.50. The van der Waals surface area contributed by atoms with E-state index in [4.69, 9.17) is 4.74 Å². The third-order valence-electron chi connectivity index (χ3n) is 2.19. The molecule has 0 radical (unpaired) electrons. The molecular weight excluding hydrogens is 186 g/mol. The molecule has 0 aromatic heterocycles. The Kier molecular flexibility index (Phi) is 2.45. The van der Waals surface area contributed by atoms with E-state index in [0.717, 1.165) is 0 Å². The molecule has 1 saturated heterocycles. The molecule has 1 fully saturated rings. The molecule has 0 spiro atoms. The zero-order chi connectivity index (χ0) is 9.97. The molecule has 1 N–H and O–H groups in total. The van der Waals surface area contributed by atoms with Gasteiger partial charge in [0, 0.05) is 19.4 Å². The fourth-order valence-electron chi connectivity index (χ4n) is 1.39. The Labute approximate surface area is 80.9 Å². The predicted molar refractivity (Wildman–Crippen MR) is 47.3 cm³/mol. The predicted octanol–water partition coefficient (Wildman–Crippen LogP) is -0.931. The highest BCUT2D eigenvalue weighted by Gasteiger charge is 2.25. The smallest absolute Gasteiger partial charge is 0.271 e. The topological polar surface area (TPSA) is 71.0 Å². The van der Waals surface area contributed by atoms with Crippen LogP contribution in [0.15, 0.2) is 5.10 Å². The molecule has 2 rings (SSSR count). The summed E-state index contributed by atoms with van der Waals surface area (Å²) < 4.78 is 5.05. The van der Waals surface area contributed by atoms with E-state index in [0.29, 0.717) is 38.4 Å². The van der Waals surface area contributed by atoms with Gasteiger partial charge < -0.3 is 9.64 Å². The van der Waals surface area contributed by atoms with Crippen molar-refractivity contribution < 1.29 is 14.3 Å². The van der Waals surface area contributed by atoms with E-state index in [9.17, 15) is 9.59 Å². The zero-order valence-electron chi connectivity index (χ0n) is 7.65. The maximum absolute atomic E-state index is 11.7. The van der Waals surface area contributed by atoms with Crippen LogP contribution in [-0.4, -0.2) is 42.3 Å². The summed E-state index contributed by atoms with van der Waals surface area (Å²) in [5.74, 6) is -0.276. The van der Waals surface area contributed by atoms with E-state index in [1.165, 1.54) is 0 Å². The second kappa shape index (κ2) is 3.75. The highest BCUT2D eigenvalue weighted by atomic mass is 16.5. The second-order valence-corrected chi connectivity index (χ2v) is 3.20. The average molecular weight is 197 g/mol. The SMILES string of the molecule is O=C1CCC(C(=O)N2CCOC2)=NN1. The third-order valence-corrected chi connectivity index (χ3v) is 2.19. The summed E-state index contributed by atoms with van der Waals surface area (Å²) in [6.07, 6.45) is 0.750. The van der Waals surface area contributed by atoms with E-state index in [1.807, 2.05) is 0 Å². The molecule has 0 atom stereocenters. The van der Waals surface area contributed by atoms with Crippen LogP contribution in [0, 0.1) is 0 Å². The number of carbonyl (C=O) groups is 2. The van der Waals surface area contributed by atoms with Gasteiger partial charge in [-0.05, 0) is 0 Å². The second-order valence-electron chi connectivity index (χ2n) is 3.20. The molecule has 2 aliphatic heterocycles. The lowest BCUT2D eigenvalue weighted by atomic mass is 10.1. The first kappa shape index (κ1) is 9.14. The van der Waals surface area contributed by atoms with Crippen LogP contribution in [0.3, 0.4) is 0 Å². The van der Waals surface area contributed by atoms with Crippen molar-refractivity contribution in [3.05, 3.63) is 0 Å². The molecule has 6 heteroatoms. The Balaban J connectivity index is 2.00. The summed E-state index contributed by atoms with van der Waals surface area (Å²) in [7, 11) is 0. The highest BCUT2D eigenvalue weighted by molar-refractivity contribution is 6.39. The number of carbonyl (C=O) groups excluding carboxylic acids is 2. The molecule has 0 aromatic rings. The summed E-state index contributed by atoms with van der Waals surface area (Å²) in [4.78, 5) is 24.0. The summed E-state index contributed by atoms with van der Waals surface area (Å²) in [5, 5.41) is 3.73. The van der Waals surface area contributed by atoms with Crippen molar-refractivity contribution in [1.29, 1.82) is 0 Å². The molecule has 2 aliphatic rings. The van der Waals surface area contributed by atoms with Crippen LogP contribution in [0.2, 0.25) is 0 Å². The van der Waals surface area contributed by atoms with E-state index < -0.39 is 0 Å². The minimum atomic E-state index is -0.140. The number of amides is 2. The number of hydrogen-bond donors (Lipinski definition) is 1. The number of hydrazone groups is 1. The lowest BCUT2D eigenvalue weighted by molar-refractivity contribution is -0.125. The standard InChI is InChI=1S/C8H11N3O3/c12-7-2-1-6(9-10-7)8(13)11-3-4-14-5-11/h1-5H2,(H,10,12). The molecule has 76 valence electrons. The Morgan fingerprint density at radius 2 is 2.36 bits per heavy atom. The van der Waals surface area contributed by atoms with Crippen LogP contribution >= 0.6 is 0 Å². The van der Waals surface area contributed by atoms with Gasteiger partial charge in [0.1, 0.15) is 12.4 Å². The van der Waals surface area contributed by atoms with Crippen molar-refractivity contribution in [2.75, 3.05) is 19.9 Å². The van der Waals surface area contributed by atoms with Gasteiger partial charge in [-0.2, -0.15) is 5.10 Å². The number of nitrogens with zero attached hydrogens (tertiary/aromatic N) is 2. The molecule has 0 aliphatic carbocycles. The van der Waals surface area contributed by atoms with Crippen molar-refractivity contribution in [2.45, 2.75) is 12.8 Å². The Hall–Kier alpha value is -1.43. The van der Waals surface area contributed by atoms with Gasteiger partial charge in [-0.1, -0.05) is 0 Å². The van der Waals surface area contributed by atoms with Crippen LogP contribution < -0.4 is 5.43 Å². The monoisotopic (exact) mass is 197 g/mol. The molecule has 0 unspecified atom stereocenters. The summed E-state index contributed by atoms with van der Waals surface area (Å²) in [6, 6.07) is 0. The van der Waals surface area contributed by atoms with E-state index in [1.54, 1.807) is 4.90 Å². The molecule has 0 aromatic carbocycles. The molecular formula is C8H11N3O3. The van der Waals surface area contributed by atoms with E-state index in [-0.39, 0.29) is 11.8 Å². The van der Waals surface area contributed by atoms with E-state index in [2.05, 4.69) is 10.5 Å². The maximum Gasteiger partial charge on any atom is 0.271 e. The summed E-state index contributed by atoms with van der Waals surface area (Å²) >= 11 is 0. The summed E-state index contributed by atoms with van der Waals surface area (Å²) in [5.41, 5.74) is 2.71. The molecule has 2 heterocycles. The van der Waals surface area contributed by atoms with Gasteiger partial charge in [0.15, 0.2) is 0 Å². The minimum Gasteiger partial charge on any atom is -0.359 e. The van der Waals surface area contributed by atoms with Crippen LogP contribution in [-0.2, 0) is 14.3 Å². The Bertz CT molecular complexity index is 294. The van der Waals surface area contributed by atoms with Crippen molar-refractivity contribution in [3.63, 3.8) is 0 Å². The highest BCUT2D eigenvalue weighted by Crippen LogP contribution is 2.06. The van der Waals surface area contributed by atoms with Crippen molar-refractivity contribution >= 4 is 17.5 Å². The van der Waals surface area contributed by atoms with Crippen LogP contribution in [0.25, 0.3) is 0 Å². The number of hydrogen-bond acceptors (Lipinski definition) is 4. The number of rotatable bonds is 1. The molecule has 0 saturated carbocycles. The van der Waals surface area contributed by atoms with Gasteiger partial charge in [-0.25, -0.2) is 5.43 Å². The molecule has 6 nitrogen and oxygen atoms in total. The lowest BCUT2D eigenvalue weighted by Crippen LogP contribution is -2.38. The zero-order valence-corrected chi connectivity index (χ0v) is 7.65. The Morgan fingerprint density at radius 1 is 1.50 bits per heavy atom. The van der Waals surface area contributed by atoms with Gasteiger partial charge in [0.05, 0.1) is 6.61 Å². The molecule has 0 bridgehead atoms. The van der Waals surface area contributed by atoms with Crippen molar-refractivity contribution in [1.82, 2.24) is 10.3 Å². The lowest BCUT2D eigenvalue weighted by Gasteiger charge is -2.17. The fourth-order valence-corrected chi connectivity index (χ4v) is 1.39. The van der Waals surface area contributed by atoms with Crippen molar-refractivity contribution in [3.8, 4) is 0 Å². The first-order valence-corrected chi connectivity index (χ1v) is 4.50. The van der Waals surface area contributed by atoms with Crippen LogP contribution in [0.1, 0.15) is 12.8 Å². The Morgan fingerprint density at radius 3 is 2.93 bits per heavy atom. The molecule has 2 amide bonds. The first-order chi connectivity index (χ1) is 6.77. The quantitative estimate of drug-likeness (QED) is 0.590. The molecule has 14 heavy (non-hydrogen) atoms. The van der Waals surface area contributed by atoms with Gasteiger partial charge in [-0.15, -0.1) is 0 Å².